The van der Waals surface area contributed by atoms with Crippen molar-refractivity contribution >= 4 is 34.2 Å². The molecule has 2 aromatic carbocycles. The normalized spacial score (nSPS) is 12.4. The predicted molar refractivity (Wildman–Crippen MR) is 86.1 cm³/mol. The Morgan fingerprint density at radius 3 is 2.39 bits per heavy atom. The van der Waals surface area contributed by atoms with Crippen molar-refractivity contribution in [3.8, 4) is 0 Å². The molecule has 0 aromatic heterocycles. The van der Waals surface area contributed by atoms with Crippen molar-refractivity contribution in [3.63, 3.8) is 0 Å². The van der Waals surface area contributed by atoms with Crippen LogP contribution in [0.3, 0.4) is 0 Å². The molecule has 0 heterocycles. The standard InChI is InChI=1S/C15H15ClIN/c1-2-18-15(11-5-3-7-13(16)9-11)12-6-4-8-14(17)10-12/h3-10,15,18H,2H2,1H3. The van der Waals surface area contributed by atoms with Crippen molar-refractivity contribution in [2.75, 3.05) is 6.54 Å². The maximum absolute atomic E-state index is 6.08. The van der Waals surface area contributed by atoms with Crippen LogP contribution in [-0.2, 0) is 0 Å². The first kappa shape index (κ1) is 13.8. The lowest BCUT2D eigenvalue weighted by Crippen LogP contribution is -2.22. The molecule has 0 amide bonds. The molecule has 1 atom stereocenters. The zero-order valence-electron chi connectivity index (χ0n) is 10.2. The fourth-order valence-electron chi connectivity index (χ4n) is 2.00. The zero-order valence-corrected chi connectivity index (χ0v) is 13.1. The van der Waals surface area contributed by atoms with E-state index in [1.165, 1.54) is 14.7 Å². The van der Waals surface area contributed by atoms with Gasteiger partial charge >= 0.3 is 0 Å². The van der Waals surface area contributed by atoms with E-state index >= 15 is 0 Å². The molecule has 0 fully saturated rings. The van der Waals surface area contributed by atoms with Crippen LogP contribution in [0, 0.1) is 3.57 Å². The topological polar surface area (TPSA) is 12.0 Å². The van der Waals surface area contributed by atoms with Gasteiger partial charge in [-0.25, -0.2) is 0 Å². The molecule has 0 saturated carbocycles. The number of benzene rings is 2. The molecular weight excluding hydrogens is 357 g/mol. The Morgan fingerprint density at radius 2 is 1.78 bits per heavy atom. The van der Waals surface area contributed by atoms with Gasteiger partial charge in [-0.2, -0.15) is 0 Å². The molecule has 3 heteroatoms. The van der Waals surface area contributed by atoms with Crippen molar-refractivity contribution in [2.45, 2.75) is 13.0 Å². The minimum Gasteiger partial charge on any atom is -0.307 e. The van der Waals surface area contributed by atoms with Crippen LogP contribution < -0.4 is 5.32 Å². The minimum absolute atomic E-state index is 0.198. The summed E-state index contributed by atoms with van der Waals surface area (Å²) in [5.41, 5.74) is 2.47. The van der Waals surface area contributed by atoms with Crippen molar-refractivity contribution in [3.05, 3.63) is 68.3 Å². The summed E-state index contributed by atoms with van der Waals surface area (Å²) in [6.07, 6.45) is 0. The molecule has 2 aromatic rings. The van der Waals surface area contributed by atoms with Crippen molar-refractivity contribution in [2.24, 2.45) is 0 Å². The third-order valence-corrected chi connectivity index (χ3v) is 3.68. The summed E-state index contributed by atoms with van der Waals surface area (Å²) in [6, 6.07) is 16.8. The Hall–Kier alpha value is -0.580. The van der Waals surface area contributed by atoms with Crippen LogP contribution in [0.5, 0.6) is 0 Å². The van der Waals surface area contributed by atoms with Gasteiger partial charge in [-0.1, -0.05) is 42.8 Å². The molecule has 0 aliphatic rings. The lowest BCUT2D eigenvalue weighted by atomic mass is 9.99. The van der Waals surface area contributed by atoms with Gasteiger partial charge in [0.2, 0.25) is 0 Å². The third kappa shape index (κ3) is 3.46. The molecule has 2 rings (SSSR count). The SMILES string of the molecule is CCNC(c1cccc(Cl)c1)c1cccc(I)c1. The molecule has 0 aliphatic heterocycles. The van der Waals surface area contributed by atoms with Crippen LogP contribution in [-0.4, -0.2) is 6.54 Å². The van der Waals surface area contributed by atoms with Gasteiger partial charge in [0.05, 0.1) is 6.04 Å². The van der Waals surface area contributed by atoms with Crippen LogP contribution in [0.4, 0.5) is 0 Å². The highest BCUT2D eigenvalue weighted by atomic mass is 127. The van der Waals surface area contributed by atoms with Crippen LogP contribution in [0.1, 0.15) is 24.1 Å². The Bertz CT molecular complexity index is 482. The first-order chi connectivity index (χ1) is 8.70. The van der Waals surface area contributed by atoms with E-state index in [4.69, 9.17) is 11.6 Å². The van der Waals surface area contributed by atoms with Crippen LogP contribution in [0.25, 0.3) is 0 Å². The van der Waals surface area contributed by atoms with Crippen LogP contribution in [0.2, 0.25) is 5.02 Å². The molecule has 0 saturated heterocycles. The largest absolute Gasteiger partial charge is 0.307 e. The Morgan fingerprint density at radius 1 is 1.11 bits per heavy atom. The summed E-state index contributed by atoms with van der Waals surface area (Å²) in [5.74, 6) is 0. The molecule has 94 valence electrons. The molecule has 1 nitrogen and oxygen atoms in total. The number of hydrogen-bond donors (Lipinski definition) is 1. The predicted octanol–water partition coefficient (Wildman–Crippen LogP) is 4.64. The van der Waals surface area contributed by atoms with Gasteiger partial charge < -0.3 is 5.32 Å². The van der Waals surface area contributed by atoms with Crippen LogP contribution in [0.15, 0.2) is 48.5 Å². The Kier molecular flexibility index (Phi) is 5.03. The first-order valence-corrected chi connectivity index (χ1v) is 7.40. The smallest absolute Gasteiger partial charge is 0.0577 e. The average molecular weight is 372 g/mol. The number of halogens is 2. The van der Waals surface area contributed by atoms with E-state index in [2.05, 4.69) is 65.2 Å². The van der Waals surface area contributed by atoms with Crippen LogP contribution >= 0.6 is 34.2 Å². The van der Waals surface area contributed by atoms with Gasteiger partial charge in [0.1, 0.15) is 0 Å². The van der Waals surface area contributed by atoms with E-state index in [1.54, 1.807) is 0 Å². The quantitative estimate of drug-likeness (QED) is 0.772. The maximum Gasteiger partial charge on any atom is 0.0577 e. The monoisotopic (exact) mass is 371 g/mol. The van der Waals surface area contributed by atoms with E-state index in [9.17, 15) is 0 Å². The second-order valence-electron chi connectivity index (χ2n) is 4.10. The highest BCUT2D eigenvalue weighted by Crippen LogP contribution is 2.25. The van der Waals surface area contributed by atoms with Crippen molar-refractivity contribution in [1.29, 1.82) is 0 Å². The lowest BCUT2D eigenvalue weighted by Gasteiger charge is -2.19. The molecule has 0 bridgehead atoms. The summed E-state index contributed by atoms with van der Waals surface area (Å²) >= 11 is 8.42. The zero-order chi connectivity index (χ0) is 13.0. The summed E-state index contributed by atoms with van der Waals surface area (Å²) in [6.45, 7) is 3.04. The molecule has 0 spiro atoms. The number of rotatable bonds is 4. The molecular formula is C15H15ClIN. The van der Waals surface area contributed by atoms with Gasteiger partial charge in [0.15, 0.2) is 0 Å². The molecule has 0 radical (unpaired) electrons. The Labute approximate surface area is 127 Å². The van der Waals surface area contributed by atoms with E-state index < -0.39 is 0 Å². The summed E-state index contributed by atoms with van der Waals surface area (Å²) in [7, 11) is 0. The Balaban J connectivity index is 2.39. The first-order valence-electron chi connectivity index (χ1n) is 5.95. The van der Waals surface area contributed by atoms with Gasteiger partial charge in [-0.05, 0) is 64.5 Å². The van der Waals surface area contributed by atoms with E-state index in [-0.39, 0.29) is 6.04 Å². The summed E-state index contributed by atoms with van der Waals surface area (Å²) < 4.78 is 1.25. The molecule has 18 heavy (non-hydrogen) atoms. The highest BCUT2D eigenvalue weighted by Gasteiger charge is 2.13. The fraction of sp³-hybridized carbons (Fsp3) is 0.200. The van der Waals surface area contributed by atoms with Crippen molar-refractivity contribution < 1.29 is 0 Å². The third-order valence-electron chi connectivity index (χ3n) is 2.77. The average Bonchev–Trinajstić information content (AvgIpc) is 2.36. The van der Waals surface area contributed by atoms with Gasteiger partial charge in [-0.3, -0.25) is 0 Å². The summed E-state index contributed by atoms with van der Waals surface area (Å²) in [4.78, 5) is 0. The van der Waals surface area contributed by atoms with Crippen molar-refractivity contribution in [1.82, 2.24) is 5.32 Å². The lowest BCUT2D eigenvalue weighted by molar-refractivity contribution is 0.630. The minimum atomic E-state index is 0.198. The second-order valence-corrected chi connectivity index (χ2v) is 5.78. The number of hydrogen-bond acceptors (Lipinski definition) is 1. The van der Waals surface area contributed by atoms with E-state index in [0.717, 1.165) is 11.6 Å². The fourth-order valence-corrected chi connectivity index (χ4v) is 2.77. The molecule has 1 unspecified atom stereocenters. The molecule has 0 aliphatic carbocycles. The maximum atomic E-state index is 6.08. The molecule has 1 N–H and O–H groups in total. The van der Waals surface area contributed by atoms with Gasteiger partial charge in [0.25, 0.3) is 0 Å². The van der Waals surface area contributed by atoms with E-state index in [0.29, 0.717) is 0 Å². The number of nitrogens with one attached hydrogen (secondary N) is 1. The van der Waals surface area contributed by atoms with E-state index in [1.807, 2.05) is 18.2 Å². The second kappa shape index (κ2) is 6.55. The van der Waals surface area contributed by atoms with Gasteiger partial charge in [0, 0.05) is 8.59 Å². The summed E-state index contributed by atoms with van der Waals surface area (Å²) in [5, 5.41) is 4.29. The van der Waals surface area contributed by atoms with Gasteiger partial charge in [-0.15, -0.1) is 0 Å². The highest BCUT2D eigenvalue weighted by molar-refractivity contribution is 14.1.